The molecule has 19 heavy (non-hydrogen) atoms. The minimum absolute atomic E-state index is 0.498. The summed E-state index contributed by atoms with van der Waals surface area (Å²) in [6.45, 7) is 5.59. The molecule has 1 aliphatic rings. The molecule has 1 saturated heterocycles. The minimum Gasteiger partial charge on any atom is -0.313 e. The molecule has 1 N–H and O–H groups in total. The fourth-order valence-corrected chi connectivity index (χ4v) is 2.66. The number of rotatable bonds is 5. The average Bonchev–Trinajstić information content (AvgIpc) is 2.38. The third kappa shape index (κ3) is 4.55. The van der Waals surface area contributed by atoms with E-state index in [9.17, 15) is 8.78 Å². The van der Waals surface area contributed by atoms with Crippen LogP contribution in [0, 0.1) is 11.6 Å². The Hall–Kier alpha value is -1.00. The molecule has 0 bridgehead atoms. The Morgan fingerprint density at radius 1 is 1.21 bits per heavy atom. The molecule has 1 aromatic carbocycles. The predicted molar refractivity (Wildman–Crippen MR) is 73.0 cm³/mol. The maximum absolute atomic E-state index is 13.2. The molecule has 0 spiro atoms. The Morgan fingerprint density at radius 2 is 1.95 bits per heavy atom. The summed E-state index contributed by atoms with van der Waals surface area (Å²) < 4.78 is 26.3. The second-order valence-electron chi connectivity index (χ2n) is 5.25. The van der Waals surface area contributed by atoms with Gasteiger partial charge in [-0.25, -0.2) is 8.78 Å². The van der Waals surface area contributed by atoms with Gasteiger partial charge in [-0.2, -0.15) is 0 Å². The molecule has 4 heteroatoms. The predicted octanol–water partition coefficient (Wildman–Crippen LogP) is 2.93. The van der Waals surface area contributed by atoms with Crippen LogP contribution in [0.4, 0.5) is 8.78 Å². The van der Waals surface area contributed by atoms with Crippen LogP contribution in [0.15, 0.2) is 18.2 Å². The molecular weight excluding hydrogens is 246 g/mol. The Kier molecular flexibility index (Phi) is 5.28. The molecule has 1 unspecified atom stereocenters. The SMILES string of the molecule is CCN(Cc1cc(F)cc(F)c1)CC1CCCCN1. The van der Waals surface area contributed by atoms with Crippen molar-refractivity contribution in [3.05, 3.63) is 35.4 Å². The molecule has 1 heterocycles. The standard InChI is InChI=1S/C15H22F2N2/c1-2-19(11-15-5-3-4-6-18-15)10-12-7-13(16)9-14(17)8-12/h7-9,15,18H,2-6,10-11H2,1H3. The van der Waals surface area contributed by atoms with E-state index in [1.54, 1.807) is 0 Å². The number of nitrogens with zero attached hydrogens (tertiary/aromatic N) is 1. The summed E-state index contributed by atoms with van der Waals surface area (Å²) >= 11 is 0. The van der Waals surface area contributed by atoms with E-state index < -0.39 is 11.6 Å². The molecule has 106 valence electrons. The first-order valence-corrected chi connectivity index (χ1v) is 7.08. The zero-order valence-electron chi connectivity index (χ0n) is 11.5. The highest BCUT2D eigenvalue weighted by Crippen LogP contribution is 2.13. The molecule has 2 rings (SSSR count). The first-order valence-electron chi connectivity index (χ1n) is 7.08. The van der Waals surface area contributed by atoms with Gasteiger partial charge in [-0.05, 0) is 43.6 Å². The average molecular weight is 268 g/mol. The molecular formula is C15H22F2N2. The minimum atomic E-state index is -0.498. The lowest BCUT2D eigenvalue weighted by Gasteiger charge is -2.30. The van der Waals surface area contributed by atoms with Gasteiger partial charge in [-0.3, -0.25) is 4.90 Å². The molecule has 1 atom stereocenters. The number of nitrogens with one attached hydrogen (secondary N) is 1. The number of hydrogen-bond donors (Lipinski definition) is 1. The molecule has 0 aromatic heterocycles. The van der Waals surface area contributed by atoms with E-state index in [1.807, 2.05) is 0 Å². The monoisotopic (exact) mass is 268 g/mol. The van der Waals surface area contributed by atoms with Crippen LogP contribution in [0.3, 0.4) is 0 Å². The van der Waals surface area contributed by atoms with Gasteiger partial charge < -0.3 is 5.32 Å². The van der Waals surface area contributed by atoms with Gasteiger partial charge in [0.2, 0.25) is 0 Å². The number of hydrogen-bond acceptors (Lipinski definition) is 2. The van der Waals surface area contributed by atoms with E-state index in [1.165, 1.54) is 31.4 Å². The van der Waals surface area contributed by atoms with Crippen molar-refractivity contribution < 1.29 is 8.78 Å². The molecule has 0 radical (unpaired) electrons. The fourth-order valence-electron chi connectivity index (χ4n) is 2.66. The number of piperidine rings is 1. The van der Waals surface area contributed by atoms with Crippen LogP contribution in [0.25, 0.3) is 0 Å². The topological polar surface area (TPSA) is 15.3 Å². The van der Waals surface area contributed by atoms with Gasteiger partial charge in [0, 0.05) is 25.2 Å². The second-order valence-corrected chi connectivity index (χ2v) is 5.25. The zero-order valence-corrected chi connectivity index (χ0v) is 11.5. The third-order valence-corrected chi connectivity index (χ3v) is 3.67. The van der Waals surface area contributed by atoms with Crippen LogP contribution < -0.4 is 5.32 Å². The van der Waals surface area contributed by atoms with Crippen LogP contribution >= 0.6 is 0 Å². The third-order valence-electron chi connectivity index (χ3n) is 3.67. The number of halogens is 2. The first kappa shape index (κ1) is 14.4. The van der Waals surface area contributed by atoms with E-state index in [-0.39, 0.29) is 0 Å². The van der Waals surface area contributed by atoms with Crippen molar-refractivity contribution in [1.82, 2.24) is 10.2 Å². The van der Waals surface area contributed by atoms with Crippen LogP contribution in [0.2, 0.25) is 0 Å². The van der Waals surface area contributed by atoms with Crippen LogP contribution in [-0.2, 0) is 6.54 Å². The molecule has 1 fully saturated rings. The fraction of sp³-hybridized carbons (Fsp3) is 0.600. The van der Waals surface area contributed by atoms with E-state index in [2.05, 4.69) is 17.1 Å². The number of likely N-dealkylation sites (N-methyl/N-ethyl adjacent to an activating group) is 1. The summed E-state index contributed by atoms with van der Waals surface area (Å²) in [5.74, 6) is -0.997. The van der Waals surface area contributed by atoms with Gasteiger partial charge in [-0.1, -0.05) is 13.3 Å². The quantitative estimate of drug-likeness (QED) is 0.883. The highest BCUT2D eigenvalue weighted by atomic mass is 19.1. The van der Waals surface area contributed by atoms with Crippen LogP contribution in [-0.4, -0.2) is 30.6 Å². The highest BCUT2D eigenvalue weighted by molar-refractivity contribution is 5.17. The Labute approximate surface area is 113 Å². The Morgan fingerprint density at radius 3 is 2.53 bits per heavy atom. The van der Waals surface area contributed by atoms with Gasteiger partial charge in [0.15, 0.2) is 0 Å². The summed E-state index contributed by atoms with van der Waals surface area (Å²) in [5.41, 5.74) is 0.704. The van der Waals surface area contributed by atoms with Crippen molar-refractivity contribution in [3.8, 4) is 0 Å². The summed E-state index contributed by atoms with van der Waals surface area (Å²) in [6, 6.07) is 4.26. The van der Waals surface area contributed by atoms with Crippen molar-refractivity contribution in [1.29, 1.82) is 0 Å². The lowest BCUT2D eigenvalue weighted by Crippen LogP contribution is -2.43. The van der Waals surface area contributed by atoms with Crippen molar-refractivity contribution in [2.24, 2.45) is 0 Å². The summed E-state index contributed by atoms with van der Waals surface area (Å²) in [5, 5.41) is 3.50. The lowest BCUT2D eigenvalue weighted by molar-refractivity contribution is 0.226. The van der Waals surface area contributed by atoms with E-state index >= 15 is 0 Å². The summed E-state index contributed by atoms with van der Waals surface area (Å²) in [6.07, 6.45) is 3.70. The molecule has 0 saturated carbocycles. The van der Waals surface area contributed by atoms with E-state index in [4.69, 9.17) is 0 Å². The first-order chi connectivity index (χ1) is 9.17. The lowest BCUT2D eigenvalue weighted by atomic mass is 10.0. The largest absolute Gasteiger partial charge is 0.313 e. The highest BCUT2D eigenvalue weighted by Gasteiger charge is 2.16. The van der Waals surface area contributed by atoms with E-state index in [0.29, 0.717) is 18.2 Å². The van der Waals surface area contributed by atoms with Crippen molar-refractivity contribution in [2.75, 3.05) is 19.6 Å². The second kappa shape index (κ2) is 6.96. The molecule has 2 nitrogen and oxygen atoms in total. The van der Waals surface area contributed by atoms with E-state index in [0.717, 1.165) is 25.7 Å². The summed E-state index contributed by atoms with van der Waals surface area (Å²) in [7, 11) is 0. The molecule has 0 amide bonds. The maximum Gasteiger partial charge on any atom is 0.126 e. The molecule has 1 aliphatic heterocycles. The van der Waals surface area contributed by atoms with Gasteiger partial charge in [0.05, 0.1) is 0 Å². The van der Waals surface area contributed by atoms with Crippen LogP contribution in [0.1, 0.15) is 31.7 Å². The summed E-state index contributed by atoms with van der Waals surface area (Å²) in [4.78, 5) is 2.23. The van der Waals surface area contributed by atoms with Gasteiger partial charge in [0.1, 0.15) is 11.6 Å². The number of benzene rings is 1. The molecule has 1 aromatic rings. The Balaban J connectivity index is 1.93. The Bertz CT molecular complexity index is 383. The normalized spacial score (nSPS) is 19.9. The molecule has 0 aliphatic carbocycles. The van der Waals surface area contributed by atoms with Gasteiger partial charge in [0.25, 0.3) is 0 Å². The maximum atomic E-state index is 13.2. The van der Waals surface area contributed by atoms with Crippen molar-refractivity contribution in [3.63, 3.8) is 0 Å². The van der Waals surface area contributed by atoms with Crippen molar-refractivity contribution in [2.45, 2.75) is 38.8 Å². The smallest absolute Gasteiger partial charge is 0.126 e. The van der Waals surface area contributed by atoms with Crippen LogP contribution in [0.5, 0.6) is 0 Å². The zero-order chi connectivity index (χ0) is 13.7. The van der Waals surface area contributed by atoms with Gasteiger partial charge >= 0.3 is 0 Å². The van der Waals surface area contributed by atoms with Gasteiger partial charge in [-0.15, -0.1) is 0 Å². The van der Waals surface area contributed by atoms with Crippen molar-refractivity contribution >= 4 is 0 Å².